The SMILES string of the molecule is CC#Cc1cc(-c2ccnc(C(F)F)c2)ccc1OC(OC=O)[C@@](C)(N)CC(C)C. The second kappa shape index (κ2) is 10.2. The van der Waals surface area contributed by atoms with Crippen LogP contribution in [-0.4, -0.2) is 23.3 Å². The fourth-order valence-electron chi connectivity index (χ4n) is 3.25. The van der Waals surface area contributed by atoms with Crippen molar-refractivity contribution in [1.82, 2.24) is 4.98 Å². The molecular formula is C23H26F2N2O3. The normalized spacial score (nSPS) is 13.9. The van der Waals surface area contributed by atoms with E-state index in [1.165, 1.54) is 12.3 Å². The minimum atomic E-state index is -2.66. The molecule has 7 heteroatoms. The van der Waals surface area contributed by atoms with Gasteiger partial charge in [-0.15, -0.1) is 5.92 Å². The predicted octanol–water partition coefficient (Wildman–Crippen LogP) is 4.70. The summed E-state index contributed by atoms with van der Waals surface area (Å²) in [6.45, 7) is 7.74. The van der Waals surface area contributed by atoms with E-state index < -0.39 is 18.3 Å². The van der Waals surface area contributed by atoms with E-state index in [-0.39, 0.29) is 11.6 Å². The first-order valence-electron chi connectivity index (χ1n) is 9.54. The van der Waals surface area contributed by atoms with Crippen LogP contribution in [0, 0.1) is 17.8 Å². The molecule has 1 aromatic heterocycles. The maximum atomic E-state index is 13.0. The van der Waals surface area contributed by atoms with E-state index in [1.54, 1.807) is 38.1 Å². The Hall–Kier alpha value is -2.98. The van der Waals surface area contributed by atoms with Gasteiger partial charge in [-0.1, -0.05) is 25.8 Å². The fourth-order valence-corrected chi connectivity index (χ4v) is 3.25. The van der Waals surface area contributed by atoms with E-state index in [0.29, 0.717) is 35.3 Å². The van der Waals surface area contributed by atoms with Crippen LogP contribution in [0.5, 0.6) is 5.75 Å². The number of aromatic nitrogens is 1. The number of alkyl halides is 2. The summed E-state index contributed by atoms with van der Waals surface area (Å²) in [6, 6.07) is 8.08. The highest BCUT2D eigenvalue weighted by Gasteiger charge is 2.35. The predicted molar refractivity (Wildman–Crippen MR) is 111 cm³/mol. The van der Waals surface area contributed by atoms with Gasteiger partial charge in [0.2, 0.25) is 0 Å². The number of carbonyl (C=O) groups excluding carboxylic acids is 1. The average Bonchev–Trinajstić information content (AvgIpc) is 2.68. The Labute approximate surface area is 175 Å². The van der Waals surface area contributed by atoms with Crippen LogP contribution in [0.25, 0.3) is 11.1 Å². The van der Waals surface area contributed by atoms with Crippen LogP contribution >= 0.6 is 0 Å². The smallest absolute Gasteiger partial charge is 0.296 e. The molecule has 1 unspecified atom stereocenters. The Bertz CT molecular complexity index is 934. The number of pyridine rings is 1. The zero-order valence-electron chi connectivity index (χ0n) is 17.5. The third-order valence-corrected chi connectivity index (χ3v) is 4.38. The van der Waals surface area contributed by atoms with Gasteiger partial charge in [0.25, 0.3) is 19.2 Å². The molecular weight excluding hydrogens is 390 g/mol. The van der Waals surface area contributed by atoms with Gasteiger partial charge >= 0.3 is 0 Å². The van der Waals surface area contributed by atoms with Crippen molar-refractivity contribution >= 4 is 6.47 Å². The van der Waals surface area contributed by atoms with Gasteiger partial charge in [0.05, 0.1) is 11.1 Å². The van der Waals surface area contributed by atoms with Crippen molar-refractivity contribution in [3.63, 3.8) is 0 Å². The summed E-state index contributed by atoms with van der Waals surface area (Å²) in [5.41, 5.74) is 6.90. The molecule has 2 atom stereocenters. The molecule has 0 aliphatic heterocycles. The monoisotopic (exact) mass is 416 g/mol. The standard InChI is InChI=1S/C23H26F2N2O3/c1-5-6-18-11-16(17-9-10-27-19(12-17)21(24)25)7-8-20(18)30-22(29-14-28)23(4,26)13-15(2)3/h7-12,14-15,21-22H,13,26H2,1-4H3/t22?,23-/m0/s1. The van der Waals surface area contributed by atoms with Crippen molar-refractivity contribution in [2.24, 2.45) is 11.7 Å². The summed E-state index contributed by atoms with van der Waals surface area (Å²) in [4.78, 5) is 14.7. The van der Waals surface area contributed by atoms with Crippen molar-refractivity contribution < 1.29 is 23.0 Å². The Balaban J connectivity index is 2.42. The summed E-state index contributed by atoms with van der Waals surface area (Å²) in [6.07, 6.45) is -1.78. The Morgan fingerprint density at radius 1 is 1.23 bits per heavy atom. The lowest BCUT2D eigenvalue weighted by molar-refractivity contribution is -0.158. The van der Waals surface area contributed by atoms with Gasteiger partial charge in [-0.2, -0.15) is 0 Å². The molecule has 0 fully saturated rings. The number of halogens is 2. The summed E-state index contributed by atoms with van der Waals surface area (Å²) in [5, 5.41) is 0. The summed E-state index contributed by atoms with van der Waals surface area (Å²) in [5.74, 6) is 6.38. The number of benzene rings is 1. The van der Waals surface area contributed by atoms with Gasteiger partial charge in [0.15, 0.2) is 0 Å². The second-order valence-electron chi connectivity index (χ2n) is 7.64. The first-order valence-corrected chi connectivity index (χ1v) is 9.54. The Kier molecular flexibility index (Phi) is 7.90. The molecule has 0 saturated carbocycles. The van der Waals surface area contributed by atoms with Gasteiger partial charge in [0, 0.05) is 6.20 Å². The number of nitrogens with zero attached hydrogens (tertiary/aromatic N) is 1. The molecule has 2 aromatic rings. The average molecular weight is 416 g/mol. The number of nitrogens with two attached hydrogens (primary N) is 1. The quantitative estimate of drug-likeness (QED) is 0.364. The number of rotatable bonds is 9. The minimum Gasteiger partial charge on any atom is -0.451 e. The molecule has 1 aromatic carbocycles. The first-order chi connectivity index (χ1) is 14.2. The van der Waals surface area contributed by atoms with E-state index in [1.807, 2.05) is 13.8 Å². The van der Waals surface area contributed by atoms with Crippen LogP contribution in [0.4, 0.5) is 8.78 Å². The molecule has 0 saturated heterocycles. The number of hydrogen-bond acceptors (Lipinski definition) is 5. The molecule has 0 amide bonds. The minimum absolute atomic E-state index is 0.259. The number of hydrogen-bond donors (Lipinski definition) is 1. The zero-order valence-corrected chi connectivity index (χ0v) is 17.5. The lowest BCUT2D eigenvalue weighted by Gasteiger charge is -2.34. The first kappa shape index (κ1) is 23.3. The van der Waals surface area contributed by atoms with Crippen molar-refractivity contribution in [1.29, 1.82) is 0 Å². The molecule has 0 bridgehead atoms. The maximum Gasteiger partial charge on any atom is 0.296 e. The second-order valence-corrected chi connectivity index (χ2v) is 7.64. The van der Waals surface area contributed by atoms with Crippen molar-refractivity contribution in [2.45, 2.75) is 52.4 Å². The van der Waals surface area contributed by atoms with E-state index in [2.05, 4.69) is 16.8 Å². The van der Waals surface area contributed by atoms with Crippen molar-refractivity contribution in [3.05, 3.63) is 47.8 Å². The van der Waals surface area contributed by atoms with Gasteiger partial charge in [-0.3, -0.25) is 9.78 Å². The van der Waals surface area contributed by atoms with Crippen LogP contribution in [-0.2, 0) is 9.53 Å². The molecule has 160 valence electrons. The maximum absolute atomic E-state index is 13.0. The van der Waals surface area contributed by atoms with Gasteiger partial charge in [0.1, 0.15) is 11.4 Å². The van der Waals surface area contributed by atoms with Crippen LogP contribution < -0.4 is 10.5 Å². The molecule has 0 radical (unpaired) electrons. The molecule has 0 aliphatic carbocycles. The van der Waals surface area contributed by atoms with Crippen LogP contribution in [0.2, 0.25) is 0 Å². The van der Waals surface area contributed by atoms with E-state index in [0.717, 1.165) is 0 Å². The zero-order chi connectivity index (χ0) is 22.3. The number of ether oxygens (including phenoxy) is 2. The molecule has 2 N–H and O–H groups in total. The van der Waals surface area contributed by atoms with Crippen LogP contribution in [0.3, 0.4) is 0 Å². The van der Waals surface area contributed by atoms with E-state index >= 15 is 0 Å². The summed E-state index contributed by atoms with van der Waals surface area (Å²) >= 11 is 0. The van der Waals surface area contributed by atoms with Gasteiger partial charge in [-0.05, 0) is 61.6 Å². The lowest BCUT2D eigenvalue weighted by Crippen LogP contribution is -2.53. The third kappa shape index (κ3) is 6.01. The van der Waals surface area contributed by atoms with Gasteiger partial charge in [-0.25, -0.2) is 8.78 Å². The van der Waals surface area contributed by atoms with Gasteiger partial charge < -0.3 is 15.2 Å². The topological polar surface area (TPSA) is 74.4 Å². The highest BCUT2D eigenvalue weighted by atomic mass is 19.3. The number of carbonyl (C=O) groups is 1. The third-order valence-electron chi connectivity index (χ3n) is 4.38. The molecule has 5 nitrogen and oxygen atoms in total. The Morgan fingerprint density at radius 3 is 2.53 bits per heavy atom. The van der Waals surface area contributed by atoms with Crippen molar-refractivity contribution in [2.75, 3.05) is 0 Å². The summed E-state index contributed by atoms with van der Waals surface area (Å²) < 4.78 is 37.0. The van der Waals surface area contributed by atoms with Crippen LogP contribution in [0.1, 0.15) is 51.8 Å². The molecule has 2 rings (SSSR count). The van der Waals surface area contributed by atoms with E-state index in [9.17, 15) is 13.6 Å². The van der Waals surface area contributed by atoms with Crippen LogP contribution in [0.15, 0.2) is 36.5 Å². The van der Waals surface area contributed by atoms with Crippen molar-refractivity contribution in [3.8, 4) is 28.7 Å². The highest BCUT2D eigenvalue weighted by Crippen LogP contribution is 2.31. The largest absolute Gasteiger partial charge is 0.451 e. The highest BCUT2D eigenvalue weighted by molar-refractivity contribution is 5.68. The Morgan fingerprint density at radius 2 is 1.93 bits per heavy atom. The fraction of sp³-hybridized carbons (Fsp3) is 0.391. The molecule has 0 spiro atoms. The summed E-state index contributed by atoms with van der Waals surface area (Å²) in [7, 11) is 0. The lowest BCUT2D eigenvalue weighted by atomic mass is 9.91. The van der Waals surface area contributed by atoms with E-state index in [4.69, 9.17) is 15.2 Å². The molecule has 30 heavy (non-hydrogen) atoms. The molecule has 0 aliphatic rings. The molecule has 1 heterocycles.